The largest absolute Gasteiger partial charge is 0.344 e. The van der Waals surface area contributed by atoms with Crippen LogP contribution in [-0.2, 0) is 37.8 Å². The summed E-state index contributed by atoms with van der Waals surface area (Å²) in [5, 5.41) is 0. The van der Waals surface area contributed by atoms with Gasteiger partial charge in [-0.3, -0.25) is 0 Å². The zero-order valence-corrected chi connectivity index (χ0v) is 31.6. The Balaban J connectivity index is 1.14. The van der Waals surface area contributed by atoms with Gasteiger partial charge in [-0.15, -0.1) is 9.14 Å². The average Bonchev–Trinajstić information content (AvgIpc) is 3.95. The summed E-state index contributed by atoms with van der Waals surface area (Å²) in [4.78, 5) is 2.62. The summed E-state index contributed by atoms with van der Waals surface area (Å²) >= 11 is 0. The number of pyridine rings is 1. The standard InChI is InChI=1S/C51H47N3/c1-33-12-4-5-18-45(33)51(2,3)46-19-9-13-38-39(46)26-24-34-23-25-37(30-44(34)38)54-48-21-10-16-40-41(48)14-8-15-42-43(17-11-22-49(42)54)50-29-35-28-36(35)31-53(50)32-52-27-7-6-20-47(40)52/h4-7,9-13,16-23,25,27,29-31,35-36H,8,14-15,24,26,28,32H2,1-3H3/q+2. The molecule has 6 aliphatic rings. The molecule has 1 saturated carbocycles. The van der Waals surface area contributed by atoms with Crippen LogP contribution in [0.3, 0.4) is 0 Å². The quantitative estimate of drug-likeness (QED) is 0.167. The molecule has 5 aromatic carbocycles. The first-order chi connectivity index (χ1) is 26.4. The van der Waals surface area contributed by atoms with E-state index in [1.807, 2.05) is 0 Å². The summed E-state index contributed by atoms with van der Waals surface area (Å²) in [5.74, 6) is 1.32. The number of nitrogens with zero attached hydrogens (tertiary/aromatic N) is 3. The molecule has 1 aromatic heterocycles. The summed E-state index contributed by atoms with van der Waals surface area (Å²) < 4.78 is 5.03. The maximum Gasteiger partial charge on any atom is 0.344 e. The number of fused-ring (bicyclic) bond motifs is 6. The third kappa shape index (κ3) is 4.87. The SMILES string of the molecule is Cc1ccccc1C(C)(C)c1cccc2c1CCc1ccc(N3c4cccc5c4CCCc4c(cccc43)-c3cccc[n+]3C[N+]3=CC4CC4C=C53)cc1-2. The Kier molecular flexibility index (Phi) is 7.09. The zero-order chi connectivity index (χ0) is 36.1. The number of anilines is 3. The van der Waals surface area contributed by atoms with Gasteiger partial charge in [0.25, 0.3) is 0 Å². The van der Waals surface area contributed by atoms with Crippen molar-refractivity contribution in [3.05, 3.63) is 172 Å². The molecule has 0 N–H and O–H groups in total. The van der Waals surface area contributed by atoms with Gasteiger partial charge in [0.1, 0.15) is 0 Å². The van der Waals surface area contributed by atoms with E-state index in [0.717, 1.165) is 38.8 Å². The number of hydrogen-bond donors (Lipinski definition) is 0. The summed E-state index contributed by atoms with van der Waals surface area (Å²) in [6.07, 6.45) is 14.0. The first-order valence-electron chi connectivity index (χ1n) is 20.1. The normalized spacial score (nSPS) is 19.1. The van der Waals surface area contributed by atoms with E-state index in [2.05, 4.69) is 169 Å². The highest BCUT2D eigenvalue weighted by Gasteiger charge is 2.45. The maximum atomic E-state index is 2.62. The predicted octanol–water partition coefficient (Wildman–Crippen LogP) is 11.0. The van der Waals surface area contributed by atoms with E-state index in [-0.39, 0.29) is 5.41 Å². The fraction of sp³-hybridized carbons (Fsp3) is 0.255. The molecule has 2 aliphatic carbocycles. The van der Waals surface area contributed by atoms with Gasteiger partial charge in [-0.05, 0) is 150 Å². The lowest BCUT2D eigenvalue weighted by molar-refractivity contribution is -0.817. The molecule has 54 heavy (non-hydrogen) atoms. The van der Waals surface area contributed by atoms with Gasteiger partial charge in [-0.1, -0.05) is 74.5 Å². The molecule has 0 spiro atoms. The highest BCUT2D eigenvalue weighted by molar-refractivity contribution is 5.89. The van der Waals surface area contributed by atoms with E-state index in [1.165, 1.54) is 96.1 Å². The second-order valence-electron chi connectivity index (χ2n) is 16.8. The molecular weight excluding hydrogens is 655 g/mol. The minimum atomic E-state index is -0.0988. The molecule has 6 aromatic rings. The maximum absolute atomic E-state index is 2.62. The van der Waals surface area contributed by atoms with Crippen molar-refractivity contribution < 1.29 is 9.14 Å². The van der Waals surface area contributed by atoms with Crippen molar-refractivity contribution in [3.63, 3.8) is 0 Å². The number of aromatic nitrogens is 1. The molecule has 3 nitrogen and oxygen atoms in total. The number of hydrogen-bond acceptors (Lipinski definition) is 1. The monoisotopic (exact) mass is 701 g/mol. The molecule has 6 bridgehead atoms. The van der Waals surface area contributed by atoms with E-state index in [4.69, 9.17) is 0 Å². The van der Waals surface area contributed by atoms with Crippen LogP contribution in [-0.4, -0.2) is 10.8 Å². The first-order valence-corrected chi connectivity index (χ1v) is 20.1. The summed E-state index contributed by atoms with van der Waals surface area (Å²) in [6, 6.07) is 44.2. The fourth-order valence-corrected chi connectivity index (χ4v) is 10.6. The van der Waals surface area contributed by atoms with Gasteiger partial charge in [-0.25, -0.2) is 0 Å². The van der Waals surface area contributed by atoms with Crippen LogP contribution in [0.1, 0.15) is 71.2 Å². The number of rotatable bonds is 3. The lowest BCUT2D eigenvalue weighted by atomic mass is 9.71. The minimum Gasteiger partial charge on any atom is -0.310 e. The van der Waals surface area contributed by atoms with Gasteiger partial charge >= 0.3 is 6.67 Å². The lowest BCUT2D eigenvalue weighted by Crippen LogP contribution is -2.42. The fourth-order valence-electron chi connectivity index (χ4n) is 10.6. The Morgan fingerprint density at radius 2 is 1.37 bits per heavy atom. The van der Waals surface area contributed by atoms with Crippen LogP contribution in [0, 0.1) is 18.8 Å². The van der Waals surface area contributed by atoms with Crippen LogP contribution in [0.2, 0.25) is 0 Å². The smallest absolute Gasteiger partial charge is 0.310 e. The average molecular weight is 702 g/mol. The van der Waals surface area contributed by atoms with E-state index in [1.54, 1.807) is 0 Å². The minimum absolute atomic E-state index is 0.0988. The molecule has 5 heterocycles. The van der Waals surface area contributed by atoms with Crippen LogP contribution in [0.15, 0.2) is 128 Å². The van der Waals surface area contributed by atoms with Gasteiger partial charge in [0.15, 0.2) is 12.4 Å². The van der Waals surface area contributed by atoms with Crippen molar-refractivity contribution in [3.8, 4) is 22.4 Å². The van der Waals surface area contributed by atoms with Crippen LogP contribution < -0.4 is 9.47 Å². The van der Waals surface area contributed by atoms with Gasteiger partial charge in [0.2, 0.25) is 11.4 Å². The third-order valence-electron chi connectivity index (χ3n) is 13.3. The Morgan fingerprint density at radius 1 is 0.630 bits per heavy atom. The second-order valence-corrected chi connectivity index (χ2v) is 16.8. The number of aryl methyl sites for hydroxylation is 2. The molecule has 4 aliphatic heterocycles. The third-order valence-corrected chi connectivity index (χ3v) is 13.3. The molecular formula is C51H47N3+2. The molecule has 12 rings (SSSR count). The highest BCUT2D eigenvalue weighted by atomic mass is 15.2. The Bertz CT molecular complexity index is 2600. The summed E-state index contributed by atoms with van der Waals surface area (Å²) in [6.45, 7) is 7.90. The predicted molar refractivity (Wildman–Crippen MR) is 221 cm³/mol. The molecule has 3 heteroatoms. The van der Waals surface area contributed by atoms with Crippen LogP contribution in [0.4, 0.5) is 17.1 Å². The second kappa shape index (κ2) is 12.0. The van der Waals surface area contributed by atoms with Crippen molar-refractivity contribution in [1.29, 1.82) is 0 Å². The zero-order valence-electron chi connectivity index (χ0n) is 31.6. The highest BCUT2D eigenvalue weighted by Crippen LogP contribution is 2.50. The van der Waals surface area contributed by atoms with E-state index in [0.29, 0.717) is 11.8 Å². The Morgan fingerprint density at radius 3 is 2.22 bits per heavy atom. The topological polar surface area (TPSA) is 10.1 Å². The van der Waals surface area contributed by atoms with E-state index >= 15 is 0 Å². The van der Waals surface area contributed by atoms with Gasteiger partial charge in [0.05, 0.1) is 22.5 Å². The molecule has 0 radical (unpaired) electrons. The summed E-state index contributed by atoms with van der Waals surface area (Å²) in [7, 11) is 0. The Labute approximate surface area is 319 Å². The summed E-state index contributed by atoms with van der Waals surface area (Å²) in [5.41, 5.74) is 22.0. The van der Waals surface area contributed by atoms with Crippen LogP contribution in [0.5, 0.6) is 0 Å². The first kappa shape index (κ1) is 31.9. The lowest BCUT2D eigenvalue weighted by Gasteiger charge is -2.35. The van der Waals surface area contributed by atoms with Crippen LogP contribution in [0.25, 0.3) is 28.1 Å². The van der Waals surface area contributed by atoms with Gasteiger partial charge < -0.3 is 4.90 Å². The van der Waals surface area contributed by atoms with Gasteiger partial charge in [-0.2, -0.15) is 0 Å². The number of benzene rings is 5. The van der Waals surface area contributed by atoms with Crippen molar-refractivity contribution in [2.45, 2.75) is 71.4 Å². The van der Waals surface area contributed by atoms with Gasteiger partial charge in [0, 0.05) is 29.2 Å². The van der Waals surface area contributed by atoms with E-state index < -0.39 is 0 Å². The molecule has 264 valence electrons. The molecule has 2 atom stereocenters. The van der Waals surface area contributed by atoms with Crippen molar-refractivity contribution in [2.24, 2.45) is 11.8 Å². The molecule has 2 unspecified atom stereocenters. The Hall–Kier alpha value is -5.54. The van der Waals surface area contributed by atoms with Crippen LogP contribution >= 0.6 is 0 Å². The van der Waals surface area contributed by atoms with Crippen molar-refractivity contribution >= 4 is 29.0 Å². The van der Waals surface area contributed by atoms with E-state index in [9.17, 15) is 0 Å². The molecule has 0 saturated heterocycles. The van der Waals surface area contributed by atoms with Crippen molar-refractivity contribution in [1.82, 2.24) is 0 Å². The van der Waals surface area contributed by atoms with Crippen molar-refractivity contribution in [2.75, 3.05) is 4.90 Å². The molecule has 1 fully saturated rings. The number of allylic oxidation sites excluding steroid dienone is 1. The molecule has 0 amide bonds.